The molecule has 2 unspecified atom stereocenters. The molecule has 0 spiro atoms. The standard InChI is InChI=1S/C17H18N2O4S2/c1-11-5-7-15(13(3)9-11)22-25(21)17(19-18)23-24(20)16-8-6-12(2)10-14(16)4/h5-10H,1-4H3. The van der Waals surface area contributed by atoms with Crippen LogP contribution in [0.15, 0.2) is 41.3 Å². The van der Waals surface area contributed by atoms with Crippen LogP contribution in [-0.2, 0) is 26.3 Å². The first kappa shape index (κ1) is 19.1. The van der Waals surface area contributed by atoms with Gasteiger partial charge in [-0.1, -0.05) is 35.4 Å². The Morgan fingerprint density at radius 2 is 1.56 bits per heavy atom. The van der Waals surface area contributed by atoms with Crippen LogP contribution >= 0.6 is 0 Å². The molecule has 2 aromatic rings. The van der Waals surface area contributed by atoms with Crippen molar-refractivity contribution in [3.63, 3.8) is 0 Å². The largest absolute Gasteiger partial charge is 0.596 e. The van der Waals surface area contributed by atoms with Crippen molar-refractivity contribution in [3.05, 3.63) is 64.2 Å². The van der Waals surface area contributed by atoms with Crippen LogP contribution in [0, 0.1) is 27.7 Å². The van der Waals surface area contributed by atoms with Gasteiger partial charge in [0.25, 0.3) is 0 Å². The quantitative estimate of drug-likeness (QED) is 0.353. The van der Waals surface area contributed by atoms with Gasteiger partial charge in [0.15, 0.2) is 0 Å². The molecule has 0 aliphatic carbocycles. The van der Waals surface area contributed by atoms with Gasteiger partial charge in [0.2, 0.25) is 11.1 Å². The van der Waals surface area contributed by atoms with Crippen LogP contribution in [0.1, 0.15) is 22.3 Å². The minimum Gasteiger partial charge on any atom is -0.389 e. The van der Waals surface area contributed by atoms with Crippen LogP contribution in [0.4, 0.5) is 0 Å². The van der Waals surface area contributed by atoms with Gasteiger partial charge in [0.05, 0.1) is 4.90 Å². The lowest BCUT2D eigenvalue weighted by molar-refractivity contribution is -0.0191. The Bertz CT molecular complexity index is 906. The first-order valence-electron chi connectivity index (χ1n) is 7.38. The van der Waals surface area contributed by atoms with Crippen LogP contribution in [0.25, 0.3) is 5.53 Å². The summed E-state index contributed by atoms with van der Waals surface area (Å²) < 4.78 is 34.9. The summed E-state index contributed by atoms with van der Waals surface area (Å²) in [7, 11) is 0. The minimum absolute atomic E-state index is 0.353. The molecule has 0 N–H and O–H groups in total. The van der Waals surface area contributed by atoms with E-state index in [2.05, 4.69) is 4.79 Å². The normalized spacial score (nSPS) is 12.8. The Morgan fingerprint density at radius 1 is 0.960 bits per heavy atom. The summed E-state index contributed by atoms with van der Waals surface area (Å²) in [5.41, 5.74) is 12.6. The van der Waals surface area contributed by atoms with E-state index in [9.17, 15) is 8.42 Å². The Kier molecular flexibility index (Phi) is 6.25. The topological polar surface area (TPSA) is 89.0 Å². The van der Waals surface area contributed by atoms with Crippen LogP contribution in [-0.4, -0.2) is 18.4 Å². The molecule has 0 bridgehead atoms. The van der Waals surface area contributed by atoms with Gasteiger partial charge in [-0.15, -0.1) is 4.79 Å². The molecular formula is C17H18N2O4S2. The summed E-state index contributed by atoms with van der Waals surface area (Å²) in [6, 6.07) is 10.6. The van der Waals surface area contributed by atoms with Crippen LogP contribution < -0.4 is 4.18 Å². The smallest absolute Gasteiger partial charge is 0.389 e. The van der Waals surface area contributed by atoms with Crippen molar-refractivity contribution in [1.82, 2.24) is 0 Å². The summed E-state index contributed by atoms with van der Waals surface area (Å²) in [6.45, 7) is 7.41. The maximum absolute atomic E-state index is 12.3. The van der Waals surface area contributed by atoms with Crippen LogP contribution in [0.3, 0.4) is 0 Å². The average Bonchev–Trinajstić information content (AvgIpc) is 2.54. The van der Waals surface area contributed by atoms with Gasteiger partial charge in [0, 0.05) is 0 Å². The Labute approximate surface area is 151 Å². The fourth-order valence-electron chi connectivity index (χ4n) is 2.18. The lowest BCUT2D eigenvalue weighted by atomic mass is 10.1. The van der Waals surface area contributed by atoms with Crippen LogP contribution in [0.2, 0.25) is 0 Å². The molecule has 0 amide bonds. The fraction of sp³-hybridized carbons (Fsp3) is 0.235. The van der Waals surface area contributed by atoms with Crippen molar-refractivity contribution in [3.8, 4) is 5.75 Å². The van der Waals surface area contributed by atoms with Gasteiger partial charge in [0.1, 0.15) is 5.75 Å². The zero-order chi connectivity index (χ0) is 18.6. The number of rotatable bonds is 4. The third-order valence-electron chi connectivity index (χ3n) is 3.38. The average molecular weight is 378 g/mol. The summed E-state index contributed by atoms with van der Waals surface area (Å²) in [6.07, 6.45) is 0. The number of hydrogen-bond acceptors (Lipinski definition) is 4. The number of aryl methyl sites for hydroxylation is 4. The van der Waals surface area contributed by atoms with Gasteiger partial charge in [-0.3, -0.25) is 0 Å². The molecule has 2 aromatic carbocycles. The first-order chi connectivity index (χ1) is 11.8. The molecule has 25 heavy (non-hydrogen) atoms. The predicted octanol–water partition coefficient (Wildman–Crippen LogP) is 3.29. The van der Waals surface area contributed by atoms with Crippen LogP contribution in [0.5, 0.6) is 5.75 Å². The maximum Gasteiger partial charge on any atom is 0.596 e. The molecule has 8 heteroatoms. The summed E-state index contributed by atoms with van der Waals surface area (Å²) in [5.74, 6) is 0.353. The van der Waals surface area contributed by atoms with Gasteiger partial charge in [-0.25, -0.2) is 4.21 Å². The number of nitrogens with zero attached hydrogens (tertiary/aromatic N) is 2. The molecule has 2 atom stereocenters. The number of benzene rings is 2. The summed E-state index contributed by atoms with van der Waals surface area (Å²) in [4.78, 5) is 3.22. The van der Waals surface area contributed by atoms with Gasteiger partial charge < -0.3 is 13.9 Å². The van der Waals surface area contributed by atoms with E-state index in [1.165, 1.54) is 0 Å². The van der Waals surface area contributed by atoms with Gasteiger partial charge in [-0.2, -0.15) is 4.21 Å². The molecule has 6 nitrogen and oxygen atoms in total. The molecule has 132 valence electrons. The van der Waals surface area contributed by atoms with E-state index in [0.717, 1.165) is 22.3 Å². The fourth-order valence-corrected chi connectivity index (χ4v) is 3.83. The minimum atomic E-state index is -2.25. The van der Waals surface area contributed by atoms with E-state index in [0.29, 0.717) is 10.6 Å². The maximum atomic E-state index is 12.3. The van der Waals surface area contributed by atoms with Crippen molar-refractivity contribution in [1.29, 1.82) is 0 Å². The van der Waals surface area contributed by atoms with Gasteiger partial charge >= 0.3 is 16.3 Å². The lowest BCUT2D eigenvalue weighted by Crippen LogP contribution is -2.20. The molecule has 0 aromatic heterocycles. The van der Waals surface area contributed by atoms with Crippen molar-refractivity contribution in [2.75, 3.05) is 0 Å². The summed E-state index contributed by atoms with van der Waals surface area (Å²) >= 11 is -4.23. The highest BCUT2D eigenvalue weighted by Crippen LogP contribution is 2.21. The SMILES string of the molecule is Cc1ccc(OS(=O)C(=[N+]=[N-])OS(=O)c2ccc(C)cc2C)c(C)c1. The summed E-state index contributed by atoms with van der Waals surface area (Å²) in [5, 5.41) is -0.668. The molecule has 0 aliphatic heterocycles. The molecule has 2 rings (SSSR count). The van der Waals surface area contributed by atoms with E-state index in [1.807, 2.05) is 26.0 Å². The zero-order valence-electron chi connectivity index (χ0n) is 14.3. The molecule has 0 aliphatic rings. The highest BCUT2D eigenvalue weighted by atomic mass is 32.2. The first-order valence-corrected chi connectivity index (χ1v) is 9.53. The van der Waals surface area contributed by atoms with E-state index in [4.69, 9.17) is 13.9 Å². The van der Waals surface area contributed by atoms with E-state index < -0.39 is 27.4 Å². The Hall–Kier alpha value is -2.28. The predicted molar refractivity (Wildman–Crippen MR) is 96.7 cm³/mol. The number of hydrogen-bond donors (Lipinski definition) is 0. The van der Waals surface area contributed by atoms with Crippen molar-refractivity contribution >= 4 is 27.4 Å². The second-order valence-corrected chi connectivity index (χ2v) is 7.60. The highest BCUT2D eigenvalue weighted by Gasteiger charge is 2.28. The third-order valence-corrected chi connectivity index (χ3v) is 5.39. The molecule has 0 saturated heterocycles. The van der Waals surface area contributed by atoms with Crippen molar-refractivity contribution in [2.45, 2.75) is 32.6 Å². The second kappa shape index (κ2) is 8.20. The van der Waals surface area contributed by atoms with E-state index >= 15 is 0 Å². The Balaban J connectivity index is 2.15. The monoisotopic (exact) mass is 378 g/mol. The molecule has 0 heterocycles. The molecular weight excluding hydrogens is 360 g/mol. The zero-order valence-corrected chi connectivity index (χ0v) is 15.9. The van der Waals surface area contributed by atoms with Crippen molar-refractivity contribution in [2.24, 2.45) is 0 Å². The van der Waals surface area contributed by atoms with E-state index in [1.54, 1.807) is 38.1 Å². The van der Waals surface area contributed by atoms with E-state index in [-0.39, 0.29) is 0 Å². The second-order valence-electron chi connectivity index (χ2n) is 5.54. The lowest BCUT2D eigenvalue weighted by Gasteiger charge is -2.07. The van der Waals surface area contributed by atoms with Crippen molar-refractivity contribution < 1.29 is 21.6 Å². The van der Waals surface area contributed by atoms with Gasteiger partial charge in [-0.05, 0) is 51.0 Å². The highest BCUT2D eigenvalue weighted by molar-refractivity contribution is 7.97. The molecule has 0 radical (unpaired) electrons. The Morgan fingerprint density at radius 3 is 2.12 bits per heavy atom. The molecule has 0 saturated carbocycles. The third kappa shape index (κ3) is 4.85. The molecule has 0 fully saturated rings.